The van der Waals surface area contributed by atoms with E-state index < -0.39 is 5.97 Å². The molecule has 1 amide bonds. The Morgan fingerprint density at radius 3 is 2.30 bits per heavy atom. The molecule has 27 heavy (non-hydrogen) atoms. The summed E-state index contributed by atoms with van der Waals surface area (Å²) in [7, 11) is 0. The van der Waals surface area contributed by atoms with E-state index in [1.54, 1.807) is 49.1 Å². The van der Waals surface area contributed by atoms with E-state index in [1.165, 1.54) is 0 Å². The molecule has 3 rings (SSSR count). The molecule has 0 aromatic heterocycles. The van der Waals surface area contributed by atoms with E-state index in [2.05, 4.69) is 0 Å². The lowest BCUT2D eigenvalue weighted by Gasteiger charge is -2.18. The Labute approximate surface area is 163 Å². The zero-order valence-corrected chi connectivity index (χ0v) is 16.2. The zero-order chi connectivity index (χ0) is 19.6. The predicted molar refractivity (Wildman–Crippen MR) is 107 cm³/mol. The summed E-state index contributed by atoms with van der Waals surface area (Å²) in [5.41, 5.74) is 3.75. The van der Waals surface area contributed by atoms with Crippen LogP contribution in [0.25, 0.3) is 6.08 Å². The van der Waals surface area contributed by atoms with Gasteiger partial charge in [-0.3, -0.25) is 9.69 Å². The third-order valence-corrected chi connectivity index (χ3v) is 4.60. The first kappa shape index (κ1) is 18.9. The minimum absolute atomic E-state index is 0.239. The van der Waals surface area contributed by atoms with Crippen LogP contribution in [0, 0.1) is 6.92 Å². The Morgan fingerprint density at radius 2 is 1.70 bits per heavy atom. The molecule has 0 saturated carbocycles. The first-order chi connectivity index (χ1) is 12.9. The van der Waals surface area contributed by atoms with Crippen LogP contribution in [0.2, 0.25) is 5.02 Å². The van der Waals surface area contributed by atoms with Crippen molar-refractivity contribution < 1.29 is 14.3 Å². The molecule has 2 aromatic carbocycles. The van der Waals surface area contributed by atoms with Crippen molar-refractivity contribution in [2.45, 2.75) is 20.8 Å². The average Bonchev–Trinajstić information content (AvgIpc) is 2.88. The zero-order valence-electron chi connectivity index (χ0n) is 15.5. The number of aryl methyl sites for hydroxylation is 1. The van der Waals surface area contributed by atoms with Gasteiger partial charge in [0.1, 0.15) is 0 Å². The van der Waals surface area contributed by atoms with Gasteiger partial charge in [0.05, 0.1) is 17.8 Å². The molecule has 0 N–H and O–H groups in total. The third-order valence-electron chi connectivity index (χ3n) is 4.35. The van der Waals surface area contributed by atoms with Crippen LogP contribution in [-0.2, 0) is 14.3 Å². The van der Waals surface area contributed by atoms with Crippen molar-refractivity contribution in [3.05, 3.63) is 81.5 Å². The minimum atomic E-state index is -0.502. The summed E-state index contributed by atoms with van der Waals surface area (Å²) in [5, 5.41) is 0.605. The Morgan fingerprint density at radius 1 is 1.07 bits per heavy atom. The average molecular weight is 382 g/mol. The lowest BCUT2D eigenvalue weighted by molar-refractivity contribution is -0.138. The molecule has 1 aliphatic heterocycles. The highest BCUT2D eigenvalue weighted by Crippen LogP contribution is 2.35. The second-order valence-corrected chi connectivity index (χ2v) is 6.70. The molecular weight excluding hydrogens is 362 g/mol. The van der Waals surface area contributed by atoms with Gasteiger partial charge in [-0.05, 0) is 56.7 Å². The number of carbonyl (C=O) groups excluding carboxylic acids is 2. The third kappa shape index (κ3) is 3.81. The number of carbonyl (C=O) groups is 2. The summed E-state index contributed by atoms with van der Waals surface area (Å²) in [4.78, 5) is 27.3. The summed E-state index contributed by atoms with van der Waals surface area (Å²) in [6, 6.07) is 14.7. The van der Waals surface area contributed by atoms with Crippen molar-refractivity contribution in [1.82, 2.24) is 0 Å². The number of nitrogens with zero attached hydrogens (tertiary/aromatic N) is 1. The van der Waals surface area contributed by atoms with Gasteiger partial charge in [0.15, 0.2) is 0 Å². The molecule has 1 heterocycles. The van der Waals surface area contributed by atoms with Gasteiger partial charge in [0, 0.05) is 16.4 Å². The molecule has 0 fully saturated rings. The van der Waals surface area contributed by atoms with Crippen LogP contribution in [0.5, 0.6) is 0 Å². The standard InChI is InChI=1S/C22H20ClNO3/c1-4-27-22(26)20-15(3)24(18-11-5-14(2)6-12-18)21(25)19(20)13-16-7-9-17(23)10-8-16/h5-13H,4H2,1-3H3/b19-13-. The van der Waals surface area contributed by atoms with Crippen LogP contribution in [0.4, 0.5) is 5.69 Å². The molecule has 0 aliphatic carbocycles. The lowest BCUT2D eigenvalue weighted by atomic mass is 10.0. The monoisotopic (exact) mass is 381 g/mol. The first-order valence-corrected chi connectivity index (χ1v) is 9.07. The Kier molecular flexibility index (Phi) is 5.47. The van der Waals surface area contributed by atoms with E-state index in [-0.39, 0.29) is 18.1 Å². The fourth-order valence-corrected chi connectivity index (χ4v) is 3.14. The number of anilines is 1. The summed E-state index contributed by atoms with van der Waals surface area (Å²) in [6.07, 6.45) is 1.70. The number of hydrogen-bond acceptors (Lipinski definition) is 3. The first-order valence-electron chi connectivity index (χ1n) is 8.69. The topological polar surface area (TPSA) is 46.6 Å². The van der Waals surface area contributed by atoms with Gasteiger partial charge >= 0.3 is 5.97 Å². The fraction of sp³-hybridized carbons (Fsp3) is 0.182. The molecule has 138 valence electrons. The van der Waals surface area contributed by atoms with Crippen molar-refractivity contribution in [2.75, 3.05) is 11.5 Å². The Hall–Kier alpha value is -2.85. The van der Waals surface area contributed by atoms with Crippen LogP contribution in [-0.4, -0.2) is 18.5 Å². The van der Waals surface area contributed by atoms with E-state index in [9.17, 15) is 9.59 Å². The molecule has 0 spiro atoms. The van der Waals surface area contributed by atoms with Crippen LogP contribution in [0.1, 0.15) is 25.0 Å². The van der Waals surface area contributed by atoms with Gasteiger partial charge < -0.3 is 4.74 Å². The predicted octanol–water partition coefficient (Wildman–Crippen LogP) is 4.92. The molecule has 0 saturated heterocycles. The maximum absolute atomic E-state index is 13.2. The largest absolute Gasteiger partial charge is 0.462 e. The van der Waals surface area contributed by atoms with E-state index in [4.69, 9.17) is 16.3 Å². The quantitative estimate of drug-likeness (QED) is 0.558. The molecule has 0 radical (unpaired) electrons. The number of allylic oxidation sites excluding steroid dienone is 1. The summed E-state index contributed by atoms with van der Waals surface area (Å²) in [5.74, 6) is -0.757. The van der Waals surface area contributed by atoms with Crippen molar-refractivity contribution in [3.63, 3.8) is 0 Å². The molecule has 0 atom stereocenters. The van der Waals surface area contributed by atoms with Crippen molar-refractivity contribution in [3.8, 4) is 0 Å². The van der Waals surface area contributed by atoms with E-state index in [0.29, 0.717) is 22.0 Å². The van der Waals surface area contributed by atoms with Gasteiger partial charge in [0.25, 0.3) is 5.91 Å². The minimum Gasteiger partial charge on any atom is -0.462 e. The highest BCUT2D eigenvalue weighted by molar-refractivity contribution is 6.30. The van der Waals surface area contributed by atoms with E-state index in [1.807, 2.05) is 31.2 Å². The van der Waals surface area contributed by atoms with Gasteiger partial charge in [-0.1, -0.05) is 41.4 Å². The molecule has 0 unspecified atom stereocenters. The normalized spacial score (nSPS) is 15.6. The van der Waals surface area contributed by atoms with Crippen molar-refractivity contribution >= 4 is 35.2 Å². The summed E-state index contributed by atoms with van der Waals surface area (Å²) >= 11 is 5.94. The molecule has 1 aliphatic rings. The number of esters is 1. The SMILES string of the molecule is CCOC(=O)C1=C(C)N(c2ccc(C)cc2)C(=O)/C1=C\c1ccc(Cl)cc1. The Bertz CT molecular complexity index is 941. The summed E-state index contributed by atoms with van der Waals surface area (Å²) in [6.45, 7) is 5.72. The van der Waals surface area contributed by atoms with E-state index in [0.717, 1.165) is 11.1 Å². The molecule has 5 heteroatoms. The van der Waals surface area contributed by atoms with Gasteiger partial charge in [-0.2, -0.15) is 0 Å². The van der Waals surface area contributed by atoms with Crippen molar-refractivity contribution in [2.24, 2.45) is 0 Å². The lowest BCUT2D eigenvalue weighted by Crippen LogP contribution is -2.24. The maximum atomic E-state index is 13.2. The number of amides is 1. The van der Waals surface area contributed by atoms with Crippen LogP contribution in [0.3, 0.4) is 0 Å². The van der Waals surface area contributed by atoms with Crippen molar-refractivity contribution in [1.29, 1.82) is 0 Å². The van der Waals surface area contributed by atoms with Gasteiger partial charge in [-0.25, -0.2) is 4.79 Å². The highest BCUT2D eigenvalue weighted by atomic mass is 35.5. The molecule has 0 bridgehead atoms. The Balaban J connectivity index is 2.11. The molecule has 2 aromatic rings. The van der Waals surface area contributed by atoms with Gasteiger partial charge in [-0.15, -0.1) is 0 Å². The number of ether oxygens (including phenoxy) is 1. The van der Waals surface area contributed by atoms with Crippen LogP contribution >= 0.6 is 11.6 Å². The maximum Gasteiger partial charge on any atom is 0.340 e. The number of hydrogen-bond donors (Lipinski definition) is 0. The highest BCUT2D eigenvalue weighted by Gasteiger charge is 2.38. The van der Waals surface area contributed by atoms with Crippen LogP contribution < -0.4 is 4.90 Å². The fourth-order valence-electron chi connectivity index (χ4n) is 3.01. The van der Waals surface area contributed by atoms with Crippen LogP contribution in [0.15, 0.2) is 65.4 Å². The molecular formula is C22H20ClNO3. The van der Waals surface area contributed by atoms with Gasteiger partial charge in [0.2, 0.25) is 0 Å². The second-order valence-electron chi connectivity index (χ2n) is 6.27. The number of rotatable bonds is 4. The molecule has 4 nitrogen and oxygen atoms in total. The number of benzene rings is 2. The number of halogens is 1. The summed E-state index contributed by atoms with van der Waals surface area (Å²) < 4.78 is 5.20. The van der Waals surface area contributed by atoms with E-state index >= 15 is 0 Å². The second kappa shape index (κ2) is 7.80. The smallest absolute Gasteiger partial charge is 0.340 e.